The molecule has 2 heterocycles. The van der Waals surface area contributed by atoms with Gasteiger partial charge < -0.3 is 4.57 Å². The second kappa shape index (κ2) is 4.72. The molecular weight excluding hydrogens is 300 g/mol. The van der Waals surface area contributed by atoms with Gasteiger partial charge in [-0.15, -0.1) is 0 Å². The summed E-state index contributed by atoms with van der Waals surface area (Å²) in [7, 11) is 3.11. The summed E-state index contributed by atoms with van der Waals surface area (Å²) in [6, 6.07) is 0. The molecule has 0 saturated heterocycles. The van der Waals surface area contributed by atoms with Crippen LogP contribution in [0.1, 0.15) is 19.8 Å². The highest BCUT2D eigenvalue weighted by Gasteiger charge is 2.16. The molecule has 98 valence electrons. The van der Waals surface area contributed by atoms with Crippen molar-refractivity contribution < 1.29 is 0 Å². The Morgan fingerprint density at radius 1 is 1.22 bits per heavy atom. The number of unbranched alkanes of at least 4 members (excludes halogenated alkanes) is 1. The monoisotopic (exact) mass is 314 g/mol. The Bertz CT molecular complexity index is 710. The Hall–Kier alpha value is -1.37. The molecule has 0 radical (unpaired) electrons. The van der Waals surface area contributed by atoms with Gasteiger partial charge in [-0.1, -0.05) is 13.3 Å². The molecule has 0 atom stereocenters. The number of fused-ring (bicyclic) bond motifs is 1. The van der Waals surface area contributed by atoms with E-state index in [2.05, 4.69) is 27.8 Å². The predicted molar refractivity (Wildman–Crippen MR) is 72.8 cm³/mol. The predicted octanol–water partition coefficient (Wildman–Crippen LogP) is 0.996. The smallest absolute Gasteiger partial charge is 0.304 e. The van der Waals surface area contributed by atoms with Crippen LogP contribution in [0.3, 0.4) is 0 Å². The maximum atomic E-state index is 12.0. The van der Waals surface area contributed by atoms with Gasteiger partial charge in [-0.3, -0.25) is 13.9 Å². The molecule has 0 N–H and O–H groups in total. The van der Waals surface area contributed by atoms with Crippen molar-refractivity contribution in [1.29, 1.82) is 0 Å². The van der Waals surface area contributed by atoms with Crippen molar-refractivity contribution in [3.8, 4) is 0 Å². The first-order chi connectivity index (χ1) is 8.49. The second-order valence-electron chi connectivity index (χ2n) is 4.26. The maximum Gasteiger partial charge on any atom is 0.332 e. The van der Waals surface area contributed by atoms with E-state index < -0.39 is 0 Å². The molecule has 2 aromatic heterocycles. The van der Waals surface area contributed by atoms with E-state index in [4.69, 9.17) is 0 Å². The number of nitrogens with zero attached hydrogens (tertiary/aromatic N) is 4. The lowest BCUT2D eigenvalue weighted by Gasteiger charge is -2.08. The quantitative estimate of drug-likeness (QED) is 0.794. The number of aryl methyl sites for hydroxylation is 2. The van der Waals surface area contributed by atoms with Crippen LogP contribution < -0.4 is 11.2 Å². The summed E-state index contributed by atoms with van der Waals surface area (Å²) in [4.78, 5) is 28.1. The lowest BCUT2D eigenvalue weighted by molar-refractivity contribution is 0.613. The minimum Gasteiger partial charge on any atom is -0.304 e. The van der Waals surface area contributed by atoms with Gasteiger partial charge in [0.1, 0.15) is 0 Å². The summed E-state index contributed by atoms with van der Waals surface area (Å²) in [6.45, 7) is 2.82. The van der Waals surface area contributed by atoms with Gasteiger partial charge in [0.2, 0.25) is 0 Å². The average Bonchev–Trinajstić information content (AvgIpc) is 2.68. The van der Waals surface area contributed by atoms with Crippen molar-refractivity contribution >= 4 is 27.1 Å². The van der Waals surface area contributed by atoms with E-state index >= 15 is 0 Å². The number of rotatable bonds is 3. The van der Waals surface area contributed by atoms with E-state index in [-0.39, 0.29) is 11.2 Å². The summed E-state index contributed by atoms with van der Waals surface area (Å²) in [5.74, 6) is 0. The van der Waals surface area contributed by atoms with Crippen LogP contribution in [-0.4, -0.2) is 18.7 Å². The van der Waals surface area contributed by atoms with Gasteiger partial charge in [0.25, 0.3) is 5.56 Å². The normalized spacial score (nSPS) is 11.3. The third-order valence-corrected chi connectivity index (χ3v) is 3.63. The summed E-state index contributed by atoms with van der Waals surface area (Å²) in [6.07, 6.45) is 2.00. The minimum atomic E-state index is -0.357. The van der Waals surface area contributed by atoms with Crippen molar-refractivity contribution in [1.82, 2.24) is 18.7 Å². The van der Waals surface area contributed by atoms with Gasteiger partial charge >= 0.3 is 5.69 Å². The van der Waals surface area contributed by atoms with Gasteiger partial charge in [-0.25, -0.2) is 9.78 Å². The van der Waals surface area contributed by atoms with E-state index in [1.165, 1.54) is 11.6 Å². The van der Waals surface area contributed by atoms with E-state index in [0.29, 0.717) is 15.9 Å². The lowest BCUT2D eigenvalue weighted by Crippen LogP contribution is -2.37. The zero-order valence-electron chi connectivity index (χ0n) is 10.6. The highest BCUT2D eigenvalue weighted by Crippen LogP contribution is 2.17. The van der Waals surface area contributed by atoms with Gasteiger partial charge in [-0.05, 0) is 22.4 Å². The van der Waals surface area contributed by atoms with Crippen LogP contribution in [0, 0.1) is 0 Å². The molecule has 0 spiro atoms. The van der Waals surface area contributed by atoms with Gasteiger partial charge in [0.05, 0.1) is 0 Å². The molecule has 0 aromatic carbocycles. The third kappa shape index (κ3) is 1.82. The van der Waals surface area contributed by atoms with Crippen molar-refractivity contribution in [3.05, 3.63) is 25.6 Å². The highest BCUT2D eigenvalue weighted by molar-refractivity contribution is 9.10. The van der Waals surface area contributed by atoms with Crippen molar-refractivity contribution in [3.63, 3.8) is 0 Å². The molecule has 6 nitrogen and oxygen atoms in total. The Kier molecular flexibility index (Phi) is 3.43. The molecule has 0 saturated carbocycles. The zero-order valence-corrected chi connectivity index (χ0v) is 12.2. The van der Waals surface area contributed by atoms with E-state index in [1.54, 1.807) is 7.05 Å². The molecule has 2 aromatic rings. The summed E-state index contributed by atoms with van der Waals surface area (Å²) in [5, 5.41) is 0. The summed E-state index contributed by atoms with van der Waals surface area (Å²) >= 11 is 3.35. The third-order valence-electron chi connectivity index (χ3n) is 3.03. The van der Waals surface area contributed by atoms with Gasteiger partial charge in [0.15, 0.2) is 15.9 Å². The van der Waals surface area contributed by atoms with Crippen LogP contribution in [0.5, 0.6) is 0 Å². The number of hydrogen-bond acceptors (Lipinski definition) is 3. The van der Waals surface area contributed by atoms with Crippen LogP contribution in [0.15, 0.2) is 14.3 Å². The molecule has 0 bridgehead atoms. The molecule has 0 aliphatic heterocycles. The highest BCUT2D eigenvalue weighted by atomic mass is 79.9. The van der Waals surface area contributed by atoms with Crippen molar-refractivity contribution in [2.24, 2.45) is 14.1 Å². The van der Waals surface area contributed by atoms with Crippen LogP contribution in [0.2, 0.25) is 0 Å². The Labute approximate surface area is 112 Å². The molecule has 0 fully saturated rings. The number of aromatic nitrogens is 4. The molecule has 0 aliphatic rings. The first kappa shape index (κ1) is 13.1. The average molecular weight is 315 g/mol. The Morgan fingerprint density at radius 3 is 2.50 bits per heavy atom. The van der Waals surface area contributed by atoms with Crippen LogP contribution >= 0.6 is 15.9 Å². The number of hydrogen-bond donors (Lipinski definition) is 0. The lowest BCUT2D eigenvalue weighted by atomic mass is 10.3. The minimum absolute atomic E-state index is 0.322. The first-order valence-electron chi connectivity index (χ1n) is 5.80. The Balaban J connectivity index is 2.86. The van der Waals surface area contributed by atoms with E-state index in [0.717, 1.165) is 24.0 Å². The van der Waals surface area contributed by atoms with Crippen molar-refractivity contribution in [2.45, 2.75) is 26.3 Å². The molecular formula is C11H15BrN4O2. The largest absolute Gasteiger partial charge is 0.332 e. The molecule has 2 rings (SSSR count). The molecule has 0 amide bonds. The summed E-state index contributed by atoms with van der Waals surface area (Å²) < 4.78 is 4.99. The van der Waals surface area contributed by atoms with E-state index in [9.17, 15) is 9.59 Å². The SMILES string of the molecule is CCCCn1c(Br)nc2c(=O)n(C)c(=O)n(C)c21. The fourth-order valence-corrected chi connectivity index (χ4v) is 2.50. The van der Waals surface area contributed by atoms with Crippen LogP contribution in [0.25, 0.3) is 11.2 Å². The fourth-order valence-electron chi connectivity index (χ4n) is 1.98. The summed E-state index contributed by atoms with van der Waals surface area (Å²) in [5.41, 5.74) is 0.202. The molecule has 7 heteroatoms. The maximum absolute atomic E-state index is 12.0. The number of imidazole rings is 1. The zero-order chi connectivity index (χ0) is 13.4. The van der Waals surface area contributed by atoms with Crippen LogP contribution in [0.4, 0.5) is 0 Å². The van der Waals surface area contributed by atoms with E-state index in [1.807, 2.05) is 4.57 Å². The molecule has 0 unspecified atom stereocenters. The molecule has 18 heavy (non-hydrogen) atoms. The van der Waals surface area contributed by atoms with Crippen molar-refractivity contribution in [2.75, 3.05) is 0 Å². The van der Waals surface area contributed by atoms with Crippen LogP contribution in [-0.2, 0) is 20.6 Å². The standard InChI is InChI=1S/C11H15BrN4O2/c1-4-5-6-16-8-7(13-10(16)12)9(17)15(3)11(18)14(8)2/h4-6H2,1-3H3. The Morgan fingerprint density at radius 2 is 1.89 bits per heavy atom. The first-order valence-corrected chi connectivity index (χ1v) is 6.60. The second-order valence-corrected chi connectivity index (χ2v) is 4.97. The fraction of sp³-hybridized carbons (Fsp3) is 0.545. The van der Waals surface area contributed by atoms with Gasteiger partial charge in [0, 0.05) is 20.6 Å². The van der Waals surface area contributed by atoms with Gasteiger partial charge in [-0.2, -0.15) is 0 Å². The topological polar surface area (TPSA) is 61.8 Å². The number of halogens is 1. The molecule has 0 aliphatic carbocycles.